The lowest BCUT2D eigenvalue weighted by Crippen LogP contribution is -2.44. The minimum Gasteiger partial charge on any atom is -0.406 e. The van der Waals surface area contributed by atoms with Gasteiger partial charge in [-0.2, -0.15) is 22.8 Å². The van der Waals surface area contributed by atoms with Gasteiger partial charge in [0.25, 0.3) is 0 Å². The molecule has 1 heterocycles. The number of benzene rings is 4. The zero-order valence-electron chi connectivity index (χ0n) is 23.3. The third-order valence-electron chi connectivity index (χ3n) is 7.51. The highest BCUT2D eigenvalue weighted by atomic mass is 19.4. The summed E-state index contributed by atoms with van der Waals surface area (Å²) in [6.45, 7) is 1.35. The number of rotatable bonds is 7. The van der Waals surface area contributed by atoms with Crippen LogP contribution in [0.15, 0.2) is 97.1 Å². The van der Waals surface area contributed by atoms with Gasteiger partial charge >= 0.3 is 18.7 Å². The number of ether oxygens (including phenoxy) is 1. The second-order valence-electron chi connectivity index (χ2n) is 10.4. The molecule has 11 heteroatoms. The van der Waals surface area contributed by atoms with Crippen LogP contribution in [0.5, 0.6) is 5.75 Å². The molecule has 0 aromatic heterocycles. The van der Waals surface area contributed by atoms with Crippen molar-refractivity contribution >= 4 is 11.8 Å². The lowest BCUT2D eigenvalue weighted by Gasteiger charge is -2.33. The second-order valence-corrected chi connectivity index (χ2v) is 10.4. The minimum atomic E-state index is -4.87. The Balaban J connectivity index is 0.00000141. The molecule has 0 saturated heterocycles. The quantitative estimate of drug-likeness (QED) is 0.222. The number of para-hydroxylation sites is 1. The predicted molar refractivity (Wildman–Crippen MR) is 150 cm³/mol. The van der Waals surface area contributed by atoms with Crippen LogP contribution in [0.2, 0.25) is 0 Å². The largest absolute Gasteiger partial charge is 0.573 e. The lowest BCUT2D eigenvalue weighted by molar-refractivity contribution is -0.274. The van der Waals surface area contributed by atoms with E-state index in [-0.39, 0.29) is 24.9 Å². The van der Waals surface area contributed by atoms with Gasteiger partial charge in [-0.25, -0.2) is 0 Å². The highest BCUT2D eigenvalue weighted by Crippen LogP contribution is 2.48. The number of nitrogens with zero attached hydrogens (tertiary/aromatic N) is 1. The number of anilines is 1. The molecule has 1 unspecified atom stereocenters. The van der Waals surface area contributed by atoms with Crippen molar-refractivity contribution in [1.29, 1.82) is 0 Å². The Kier molecular flexibility index (Phi) is 9.51. The van der Waals surface area contributed by atoms with Crippen LogP contribution >= 0.6 is 0 Å². The maximum Gasteiger partial charge on any atom is 0.573 e. The smallest absolute Gasteiger partial charge is 0.406 e. The van der Waals surface area contributed by atoms with Crippen molar-refractivity contribution in [2.75, 3.05) is 18.0 Å². The second kappa shape index (κ2) is 13.0. The van der Waals surface area contributed by atoms with Crippen LogP contribution < -0.4 is 9.64 Å². The van der Waals surface area contributed by atoms with Gasteiger partial charge < -0.3 is 14.7 Å². The zero-order valence-corrected chi connectivity index (χ0v) is 23.3. The summed E-state index contributed by atoms with van der Waals surface area (Å²) in [6.07, 6.45) is -11.8. The fourth-order valence-electron chi connectivity index (χ4n) is 5.67. The monoisotopic (exact) mass is 615 g/mol. The maximum absolute atomic E-state index is 13.4. The van der Waals surface area contributed by atoms with Gasteiger partial charge in [0.2, 0.25) is 0 Å². The molecule has 1 N–H and O–H groups in total. The highest BCUT2D eigenvalue weighted by molar-refractivity contribution is 5.72. The number of fused-ring (bicyclic) bond motifs is 1. The van der Waals surface area contributed by atoms with Crippen LogP contribution in [-0.2, 0) is 21.4 Å². The molecule has 44 heavy (non-hydrogen) atoms. The molecule has 230 valence electrons. The van der Waals surface area contributed by atoms with E-state index in [0.717, 1.165) is 27.8 Å². The van der Waals surface area contributed by atoms with Crippen LogP contribution in [0.1, 0.15) is 22.3 Å². The summed E-state index contributed by atoms with van der Waals surface area (Å²) < 4.78 is 83.4. The van der Waals surface area contributed by atoms with E-state index in [9.17, 15) is 31.4 Å². The average molecular weight is 616 g/mol. The summed E-state index contributed by atoms with van der Waals surface area (Å²) in [7, 11) is 0. The van der Waals surface area contributed by atoms with Crippen molar-refractivity contribution in [3.8, 4) is 16.9 Å². The molecule has 5 rings (SSSR count). The van der Waals surface area contributed by atoms with Gasteiger partial charge in [0, 0.05) is 17.6 Å². The van der Waals surface area contributed by atoms with E-state index in [1.807, 2.05) is 61.5 Å². The molecule has 1 aliphatic heterocycles. The van der Waals surface area contributed by atoms with E-state index in [2.05, 4.69) is 4.74 Å². The standard InChI is InChI=1S/C32H27F6NO2.CO2/c1-21-14-15-24(17-26(21)23-9-3-2-4-10-23)30(18-22-8-7-11-25(16-22)41-32(36,37)38)20-39(19-29(40)31(33,34)35)28-13-6-5-12-27(28)30;2-1-3/h2-17,29,40H,18-20H2,1H3;/t29-,30?;/m1./s1. The number of alkyl halides is 6. The summed E-state index contributed by atoms with van der Waals surface area (Å²) in [6, 6.07) is 28.2. The molecule has 4 aromatic carbocycles. The molecular formula is C33H27F6NO4. The summed E-state index contributed by atoms with van der Waals surface area (Å²) in [5.74, 6) is -0.380. The van der Waals surface area contributed by atoms with E-state index in [1.54, 1.807) is 24.3 Å². The Labute approximate surface area is 249 Å². The zero-order chi connectivity index (χ0) is 32.1. The van der Waals surface area contributed by atoms with Crippen LogP contribution in [0, 0.1) is 6.92 Å². The maximum atomic E-state index is 13.4. The number of halogens is 6. The SMILES string of the molecule is Cc1ccc(C2(Cc3cccc(OC(F)(F)F)c3)CN(C[C@@H](O)C(F)(F)F)c3ccccc32)cc1-c1ccccc1.O=C=O. The molecule has 0 aliphatic carbocycles. The number of carbonyl (C=O) groups excluding carboxylic acids is 2. The molecule has 2 atom stereocenters. The normalized spacial score (nSPS) is 16.8. The summed E-state index contributed by atoms with van der Waals surface area (Å²) in [5.41, 5.74) is 4.49. The van der Waals surface area contributed by atoms with Crippen molar-refractivity contribution in [2.45, 2.75) is 37.4 Å². The molecular weight excluding hydrogens is 588 g/mol. The minimum absolute atomic E-state index is 0.0706. The number of hydrogen-bond donors (Lipinski definition) is 1. The van der Waals surface area contributed by atoms with Crippen molar-refractivity contribution < 1.29 is 45.8 Å². The highest BCUT2D eigenvalue weighted by Gasteiger charge is 2.47. The molecule has 0 amide bonds. The molecule has 1 aliphatic rings. The van der Waals surface area contributed by atoms with Crippen LogP contribution in [0.3, 0.4) is 0 Å². The summed E-state index contributed by atoms with van der Waals surface area (Å²) in [4.78, 5) is 17.8. The first kappa shape index (κ1) is 32.3. The third kappa shape index (κ3) is 7.30. The molecule has 0 bridgehead atoms. The first-order valence-electron chi connectivity index (χ1n) is 13.4. The first-order valence-corrected chi connectivity index (χ1v) is 13.4. The molecule has 0 spiro atoms. The van der Waals surface area contributed by atoms with E-state index >= 15 is 0 Å². The van der Waals surface area contributed by atoms with Crippen LogP contribution in [-0.4, -0.2) is 43.0 Å². The van der Waals surface area contributed by atoms with Gasteiger partial charge in [-0.05, 0) is 71.0 Å². The van der Waals surface area contributed by atoms with Gasteiger partial charge in [0.1, 0.15) is 5.75 Å². The summed E-state index contributed by atoms with van der Waals surface area (Å²) in [5, 5.41) is 9.99. The van der Waals surface area contributed by atoms with Gasteiger partial charge in [0.15, 0.2) is 6.10 Å². The Morgan fingerprint density at radius 1 is 0.886 bits per heavy atom. The van der Waals surface area contributed by atoms with E-state index < -0.39 is 30.6 Å². The average Bonchev–Trinajstić information content (AvgIpc) is 3.26. The number of β-amino-alcohol motifs (C(OH)–C–C–N with tert-alkyl or cyclic N) is 1. The Hall–Kier alpha value is -4.60. The van der Waals surface area contributed by atoms with Crippen molar-refractivity contribution in [2.24, 2.45) is 0 Å². The number of aryl methyl sites for hydroxylation is 1. The first-order chi connectivity index (χ1) is 20.8. The van der Waals surface area contributed by atoms with E-state index in [4.69, 9.17) is 9.59 Å². The third-order valence-corrected chi connectivity index (χ3v) is 7.51. The Bertz CT molecular complexity index is 1620. The van der Waals surface area contributed by atoms with Crippen molar-refractivity contribution in [1.82, 2.24) is 0 Å². The summed E-state index contributed by atoms with van der Waals surface area (Å²) >= 11 is 0. The van der Waals surface area contributed by atoms with E-state index in [0.29, 0.717) is 11.3 Å². The number of aliphatic hydroxyl groups excluding tert-OH is 1. The van der Waals surface area contributed by atoms with Crippen molar-refractivity contribution in [3.63, 3.8) is 0 Å². The topological polar surface area (TPSA) is 66.8 Å². The van der Waals surface area contributed by atoms with Gasteiger partial charge in [-0.15, -0.1) is 13.2 Å². The molecule has 5 nitrogen and oxygen atoms in total. The fraction of sp³-hybridized carbons (Fsp3) is 0.242. The van der Waals surface area contributed by atoms with E-state index in [1.165, 1.54) is 23.1 Å². The number of aliphatic hydroxyl groups is 1. The molecule has 0 radical (unpaired) electrons. The fourth-order valence-corrected chi connectivity index (χ4v) is 5.67. The Morgan fingerprint density at radius 3 is 2.20 bits per heavy atom. The molecule has 0 saturated carbocycles. The molecule has 0 fully saturated rings. The van der Waals surface area contributed by atoms with Crippen molar-refractivity contribution in [3.05, 3.63) is 119 Å². The number of hydrogen-bond acceptors (Lipinski definition) is 5. The van der Waals surface area contributed by atoms with Crippen LogP contribution in [0.25, 0.3) is 11.1 Å². The lowest BCUT2D eigenvalue weighted by atomic mass is 9.71. The Morgan fingerprint density at radius 2 is 1.55 bits per heavy atom. The van der Waals surface area contributed by atoms with Gasteiger partial charge in [-0.3, -0.25) is 0 Å². The van der Waals surface area contributed by atoms with Crippen LogP contribution in [0.4, 0.5) is 32.0 Å². The molecule has 4 aromatic rings. The van der Waals surface area contributed by atoms with Gasteiger partial charge in [-0.1, -0.05) is 72.8 Å². The van der Waals surface area contributed by atoms with Gasteiger partial charge in [0.05, 0.1) is 6.54 Å². The predicted octanol–water partition coefficient (Wildman–Crippen LogP) is 7.25.